The van der Waals surface area contributed by atoms with Crippen molar-refractivity contribution < 1.29 is 20.7 Å². The van der Waals surface area contributed by atoms with E-state index < -0.39 is 23.9 Å². The third-order valence-electron chi connectivity index (χ3n) is 2.68. The number of carbonyl (C=O) groups excluding carboxylic acids is 1. The second kappa shape index (κ2) is 6.02. The Labute approximate surface area is 138 Å². The summed E-state index contributed by atoms with van der Waals surface area (Å²) in [4.78, 5) is 11.7. The smallest absolute Gasteiger partial charge is 0.407 e. The zero-order chi connectivity index (χ0) is 16.7. The van der Waals surface area contributed by atoms with Crippen LogP contribution in [0.25, 0.3) is 0 Å². The van der Waals surface area contributed by atoms with Gasteiger partial charge in [-0.05, 0) is 32.9 Å². The van der Waals surface area contributed by atoms with Crippen LogP contribution in [0.15, 0.2) is 16.6 Å². The lowest BCUT2D eigenvalue weighted by atomic mass is 10.1. The topological polar surface area (TPSA) is 67.8 Å². The summed E-state index contributed by atoms with van der Waals surface area (Å²) in [6, 6.07) is 3.18. The van der Waals surface area contributed by atoms with Crippen LogP contribution in [0, 0.1) is 0 Å². The molecule has 116 valence electrons. The van der Waals surface area contributed by atoms with E-state index in [0.29, 0.717) is 4.47 Å². The Kier molecular flexibility index (Phi) is 4.28. The van der Waals surface area contributed by atoms with Crippen molar-refractivity contribution in [1.82, 2.24) is 5.32 Å². The standard InChI is InChI=1S/C14H17BrClNO4/c1-14(2,3)21-13(19)17-6-10-11(18)8-4-7(15)5-9(16)12(8)20-10/h4-5,10-11,18H,6H2,1-3H3,(H,17,19)/i11D. The summed E-state index contributed by atoms with van der Waals surface area (Å²) in [6.07, 6.45) is -3.64. The van der Waals surface area contributed by atoms with E-state index in [-0.39, 0.29) is 22.9 Å². The maximum Gasteiger partial charge on any atom is 0.407 e. The summed E-state index contributed by atoms with van der Waals surface area (Å²) in [5, 5.41) is 13.1. The lowest BCUT2D eigenvalue weighted by Gasteiger charge is -2.21. The first-order valence-corrected chi connectivity index (χ1v) is 7.53. The highest BCUT2D eigenvalue weighted by molar-refractivity contribution is 9.10. The largest absolute Gasteiger partial charge is 0.484 e. The number of halogens is 2. The molecule has 7 heteroatoms. The van der Waals surface area contributed by atoms with Crippen molar-refractivity contribution in [2.75, 3.05) is 6.54 Å². The first-order valence-electron chi connectivity index (χ1n) is 6.86. The van der Waals surface area contributed by atoms with Crippen LogP contribution in [-0.2, 0) is 4.74 Å². The minimum Gasteiger partial charge on any atom is -0.484 e. The number of carbonyl (C=O) groups is 1. The molecule has 2 rings (SSSR count). The minimum absolute atomic E-state index is 0.0858. The molecular formula is C14H17BrClNO4. The number of aliphatic hydroxyl groups is 1. The number of ether oxygens (including phenoxy) is 2. The zero-order valence-corrected chi connectivity index (χ0v) is 14.2. The number of fused-ring (bicyclic) bond motifs is 1. The fraction of sp³-hybridized carbons (Fsp3) is 0.500. The molecule has 21 heavy (non-hydrogen) atoms. The van der Waals surface area contributed by atoms with Crippen molar-refractivity contribution in [3.8, 4) is 5.75 Å². The first-order chi connectivity index (χ1) is 10.0. The van der Waals surface area contributed by atoms with Gasteiger partial charge in [0, 0.05) is 10.0 Å². The van der Waals surface area contributed by atoms with Gasteiger partial charge in [0.2, 0.25) is 0 Å². The number of hydrogen-bond acceptors (Lipinski definition) is 4. The van der Waals surface area contributed by atoms with Gasteiger partial charge in [0.15, 0.2) is 0 Å². The van der Waals surface area contributed by atoms with Gasteiger partial charge in [-0.25, -0.2) is 4.79 Å². The summed E-state index contributed by atoms with van der Waals surface area (Å²) in [6.45, 7) is 5.14. The van der Waals surface area contributed by atoms with E-state index in [1.165, 1.54) is 0 Å². The normalized spacial score (nSPS) is 24.9. The molecule has 2 unspecified atom stereocenters. The SMILES string of the molecule is [2H]C1(O)c2cc(Br)cc(Cl)c2OC1CNC(=O)OC(C)(C)C. The number of benzene rings is 1. The molecule has 1 amide bonds. The Bertz CT molecular complexity index is 603. The lowest BCUT2D eigenvalue weighted by Crippen LogP contribution is -2.39. The van der Waals surface area contributed by atoms with E-state index >= 15 is 0 Å². The second-order valence-electron chi connectivity index (χ2n) is 5.64. The molecule has 5 nitrogen and oxygen atoms in total. The lowest BCUT2D eigenvalue weighted by molar-refractivity contribution is 0.0410. The molecule has 0 aromatic heterocycles. The van der Waals surface area contributed by atoms with Gasteiger partial charge in [-0.15, -0.1) is 0 Å². The number of rotatable bonds is 2. The summed E-state index contributed by atoms with van der Waals surface area (Å²) in [7, 11) is 0. The first kappa shape index (κ1) is 14.9. The van der Waals surface area contributed by atoms with E-state index in [1.54, 1.807) is 32.9 Å². The Balaban J connectivity index is 2.09. The van der Waals surface area contributed by atoms with Gasteiger partial charge in [0.05, 0.1) is 12.9 Å². The number of hydrogen-bond donors (Lipinski definition) is 2. The van der Waals surface area contributed by atoms with Crippen molar-refractivity contribution in [1.29, 1.82) is 0 Å². The minimum atomic E-state index is -2.02. The van der Waals surface area contributed by atoms with E-state index in [9.17, 15) is 9.90 Å². The molecule has 0 bridgehead atoms. The zero-order valence-electron chi connectivity index (χ0n) is 12.9. The number of alkyl carbamates (subject to hydrolysis) is 1. The molecule has 2 atom stereocenters. The summed E-state index contributed by atoms with van der Waals surface area (Å²) >= 11 is 9.31. The predicted molar refractivity (Wildman–Crippen MR) is 82.8 cm³/mol. The summed E-state index contributed by atoms with van der Waals surface area (Å²) in [5.74, 6) is 0.248. The van der Waals surface area contributed by atoms with Crippen molar-refractivity contribution >= 4 is 33.6 Å². The van der Waals surface area contributed by atoms with Crippen molar-refractivity contribution in [2.45, 2.75) is 38.6 Å². The van der Waals surface area contributed by atoms with E-state index in [4.69, 9.17) is 22.4 Å². The molecule has 0 saturated heterocycles. The van der Waals surface area contributed by atoms with Crippen LogP contribution >= 0.6 is 27.5 Å². The molecule has 0 radical (unpaired) electrons. The maximum atomic E-state index is 11.7. The Morgan fingerprint density at radius 1 is 1.62 bits per heavy atom. The molecule has 1 heterocycles. The molecule has 0 aliphatic carbocycles. The van der Waals surface area contributed by atoms with Crippen molar-refractivity contribution in [2.24, 2.45) is 0 Å². The molecule has 1 aliphatic rings. The van der Waals surface area contributed by atoms with Crippen LogP contribution in [0.4, 0.5) is 4.79 Å². The molecular weight excluding hydrogens is 362 g/mol. The van der Waals surface area contributed by atoms with Gasteiger partial charge < -0.3 is 19.9 Å². The van der Waals surface area contributed by atoms with Crippen molar-refractivity contribution in [3.63, 3.8) is 0 Å². The van der Waals surface area contributed by atoms with Crippen LogP contribution in [0.2, 0.25) is 5.02 Å². The van der Waals surface area contributed by atoms with Gasteiger partial charge in [-0.2, -0.15) is 0 Å². The Hall–Kier alpha value is -0.980. The average molecular weight is 380 g/mol. The quantitative estimate of drug-likeness (QED) is 0.826. The third-order valence-corrected chi connectivity index (χ3v) is 3.42. The molecule has 0 spiro atoms. The van der Waals surface area contributed by atoms with Crippen LogP contribution in [0.5, 0.6) is 5.75 Å². The summed E-state index contributed by atoms with van der Waals surface area (Å²) < 4.78 is 19.4. The molecule has 1 aromatic carbocycles. The fourth-order valence-corrected chi connectivity index (χ4v) is 2.72. The molecule has 2 N–H and O–H groups in total. The highest BCUT2D eigenvalue weighted by Crippen LogP contribution is 2.43. The molecule has 0 saturated carbocycles. The van der Waals surface area contributed by atoms with Crippen LogP contribution < -0.4 is 10.1 Å². The van der Waals surface area contributed by atoms with Crippen LogP contribution in [-0.4, -0.2) is 29.4 Å². The predicted octanol–water partition coefficient (Wildman–Crippen LogP) is 3.42. The Morgan fingerprint density at radius 2 is 2.29 bits per heavy atom. The van der Waals surface area contributed by atoms with Gasteiger partial charge in [0.25, 0.3) is 0 Å². The molecule has 1 aromatic rings. The number of amides is 1. The summed E-state index contributed by atoms with van der Waals surface area (Å²) in [5.41, 5.74) is -0.377. The van der Waals surface area contributed by atoms with Crippen molar-refractivity contribution in [3.05, 3.63) is 27.2 Å². The van der Waals surface area contributed by atoms with Gasteiger partial charge in [0.1, 0.15) is 23.5 Å². The van der Waals surface area contributed by atoms with E-state index in [1.807, 2.05) is 0 Å². The maximum absolute atomic E-state index is 11.7. The number of nitrogens with one attached hydrogen (secondary N) is 1. The highest BCUT2D eigenvalue weighted by atomic mass is 79.9. The van der Waals surface area contributed by atoms with E-state index in [2.05, 4.69) is 21.2 Å². The third kappa shape index (κ3) is 4.02. The molecule has 0 fully saturated rings. The second-order valence-corrected chi connectivity index (χ2v) is 6.96. The highest BCUT2D eigenvalue weighted by Gasteiger charge is 2.35. The Morgan fingerprint density at radius 3 is 2.90 bits per heavy atom. The van der Waals surface area contributed by atoms with Crippen LogP contribution in [0.1, 0.15) is 33.8 Å². The van der Waals surface area contributed by atoms with E-state index in [0.717, 1.165) is 0 Å². The van der Waals surface area contributed by atoms with Gasteiger partial charge in [-0.1, -0.05) is 27.5 Å². The fourth-order valence-electron chi connectivity index (χ4n) is 1.87. The van der Waals surface area contributed by atoms with Crippen LogP contribution in [0.3, 0.4) is 0 Å². The molecule has 1 aliphatic heterocycles. The monoisotopic (exact) mass is 378 g/mol. The average Bonchev–Trinajstić information content (AvgIpc) is 2.57. The van der Waals surface area contributed by atoms with Gasteiger partial charge >= 0.3 is 6.09 Å². The van der Waals surface area contributed by atoms with Gasteiger partial charge in [-0.3, -0.25) is 0 Å².